The van der Waals surface area contributed by atoms with Crippen LogP contribution in [0.4, 0.5) is 11.6 Å². The van der Waals surface area contributed by atoms with Crippen LogP contribution in [0.25, 0.3) is 21.8 Å². The van der Waals surface area contributed by atoms with Crippen LogP contribution in [-0.2, 0) is 6.54 Å². The van der Waals surface area contributed by atoms with E-state index in [2.05, 4.69) is 31.1 Å². The number of nitrogens with one attached hydrogen (secondary N) is 4. The maximum absolute atomic E-state index is 13.2. The normalized spacial score (nSPS) is 14.0. The van der Waals surface area contributed by atoms with E-state index < -0.39 is 0 Å². The lowest BCUT2D eigenvalue weighted by molar-refractivity contribution is 0.0952. The summed E-state index contributed by atoms with van der Waals surface area (Å²) in [7, 11) is 0. The largest absolute Gasteiger partial charge is 0.488 e. The number of aromatic nitrogens is 4. The maximum atomic E-state index is 13.2. The second-order valence-electron chi connectivity index (χ2n) is 9.24. The van der Waals surface area contributed by atoms with Crippen LogP contribution in [0, 0.1) is 0 Å². The SMILES string of the molecule is O=C(NCc1ccc(Cl)cc1)c1cc(Nc2ncc3cccc(OC4CCNCC4)c3n2)cc2[nH]ncc12. The van der Waals surface area contributed by atoms with Gasteiger partial charge in [0.15, 0.2) is 0 Å². The Morgan fingerprint density at radius 3 is 2.76 bits per heavy atom. The fourth-order valence-corrected chi connectivity index (χ4v) is 4.72. The molecule has 0 atom stereocenters. The smallest absolute Gasteiger partial charge is 0.252 e. The van der Waals surface area contributed by atoms with Gasteiger partial charge in [0.2, 0.25) is 5.95 Å². The Labute approximate surface area is 224 Å². The van der Waals surface area contributed by atoms with Crippen molar-refractivity contribution >= 4 is 50.9 Å². The molecule has 0 bridgehead atoms. The number of halogens is 1. The molecule has 0 saturated carbocycles. The molecule has 192 valence electrons. The number of hydrogen-bond acceptors (Lipinski definition) is 7. The van der Waals surface area contributed by atoms with Crippen LogP contribution in [0.15, 0.2) is 67.0 Å². The predicted octanol–water partition coefficient (Wildman–Crippen LogP) is 4.96. The van der Waals surface area contributed by atoms with Crippen molar-refractivity contribution in [2.24, 2.45) is 0 Å². The summed E-state index contributed by atoms with van der Waals surface area (Å²) < 4.78 is 6.31. The zero-order chi connectivity index (χ0) is 25.9. The molecular weight excluding hydrogens is 502 g/mol. The van der Waals surface area contributed by atoms with Gasteiger partial charge in [-0.1, -0.05) is 35.9 Å². The summed E-state index contributed by atoms with van der Waals surface area (Å²) in [6, 6.07) is 16.9. The molecule has 3 aromatic carbocycles. The second-order valence-corrected chi connectivity index (χ2v) is 9.68. The summed E-state index contributed by atoms with van der Waals surface area (Å²) in [6.07, 6.45) is 5.49. The van der Waals surface area contributed by atoms with E-state index in [9.17, 15) is 4.79 Å². The van der Waals surface area contributed by atoms with Crippen molar-refractivity contribution in [2.75, 3.05) is 18.4 Å². The van der Waals surface area contributed by atoms with E-state index in [0.717, 1.165) is 59.0 Å². The highest BCUT2D eigenvalue weighted by molar-refractivity contribution is 6.30. The van der Waals surface area contributed by atoms with Crippen molar-refractivity contribution in [1.82, 2.24) is 30.8 Å². The van der Waals surface area contributed by atoms with Crippen LogP contribution < -0.4 is 20.7 Å². The molecule has 0 aliphatic carbocycles. The number of H-pyrrole nitrogens is 1. The van der Waals surface area contributed by atoms with E-state index in [0.29, 0.717) is 28.8 Å². The molecule has 10 heteroatoms. The first-order valence-electron chi connectivity index (χ1n) is 12.5. The molecule has 1 aliphatic rings. The molecule has 0 spiro atoms. The van der Waals surface area contributed by atoms with Crippen LogP contribution in [0.5, 0.6) is 5.75 Å². The fourth-order valence-electron chi connectivity index (χ4n) is 4.60. The molecule has 1 amide bonds. The summed E-state index contributed by atoms with van der Waals surface area (Å²) in [6.45, 7) is 2.27. The fraction of sp³-hybridized carbons (Fsp3) is 0.214. The highest BCUT2D eigenvalue weighted by atomic mass is 35.5. The topological polar surface area (TPSA) is 117 Å². The van der Waals surface area contributed by atoms with Gasteiger partial charge in [-0.05, 0) is 61.8 Å². The standard InChI is InChI=1S/C28H26ClN7O2/c29-19-6-4-17(5-7-19)14-31-27(37)22-12-20(13-24-23(22)16-33-36-24)34-28-32-15-18-2-1-3-25(26(18)35-28)38-21-8-10-30-11-9-21/h1-7,12-13,15-16,21,30H,8-11,14H2,(H,31,37)(H,33,36)(H,32,34,35). The van der Waals surface area contributed by atoms with Crippen molar-refractivity contribution < 1.29 is 9.53 Å². The number of ether oxygens (including phenoxy) is 1. The Kier molecular flexibility index (Phi) is 6.76. The first kappa shape index (κ1) is 24.1. The number of piperidine rings is 1. The summed E-state index contributed by atoms with van der Waals surface area (Å²) in [5.41, 5.74) is 3.57. The molecule has 4 N–H and O–H groups in total. The van der Waals surface area contributed by atoms with E-state index in [-0.39, 0.29) is 12.0 Å². The Balaban J connectivity index is 1.25. The molecule has 0 unspecified atom stereocenters. The van der Waals surface area contributed by atoms with Gasteiger partial charge in [-0.15, -0.1) is 0 Å². The van der Waals surface area contributed by atoms with Gasteiger partial charge in [-0.2, -0.15) is 5.10 Å². The predicted molar refractivity (Wildman–Crippen MR) is 148 cm³/mol. The summed E-state index contributed by atoms with van der Waals surface area (Å²) in [5, 5.41) is 18.9. The number of aromatic amines is 1. The number of benzene rings is 3. The van der Waals surface area contributed by atoms with Crippen molar-refractivity contribution in [3.63, 3.8) is 0 Å². The number of amides is 1. The van der Waals surface area contributed by atoms with Crippen molar-refractivity contribution in [2.45, 2.75) is 25.5 Å². The third-order valence-electron chi connectivity index (χ3n) is 6.58. The molecule has 0 radical (unpaired) electrons. The van der Waals surface area contributed by atoms with Crippen LogP contribution in [0.3, 0.4) is 0 Å². The molecule has 1 aliphatic heterocycles. The zero-order valence-corrected chi connectivity index (χ0v) is 21.3. The van der Waals surface area contributed by atoms with Gasteiger partial charge >= 0.3 is 0 Å². The Morgan fingerprint density at radius 1 is 1.08 bits per heavy atom. The van der Waals surface area contributed by atoms with E-state index >= 15 is 0 Å². The van der Waals surface area contributed by atoms with Crippen LogP contribution >= 0.6 is 11.6 Å². The Bertz CT molecular complexity index is 1600. The van der Waals surface area contributed by atoms with Crippen molar-refractivity contribution in [3.8, 4) is 5.75 Å². The number of fused-ring (bicyclic) bond motifs is 2. The first-order chi connectivity index (χ1) is 18.6. The number of hydrogen-bond donors (Lipinski definition) is 4. The lowest BCUT2D eigenvalue weighted by Crippen LogP contribution is -2.34. The van der Waals surface area contributed by atoms with Crippen LogP contribution in [0.2, 0.25) is 5.02 Å². The lowest BCUT2D eigenvalue weighted by Gasteiger charge is -2.24. The van der Waals surface area contributed by atoms with Gasteiger partial charge in [0.25, 0.3) is 5.91 Å². The third-order valence-corrected chi connectivity index (χ3v) is 6.83. The summed E-state index contributed by atoms with van der Waals surface area (Å²) >= 11 is 5.97. The molecular formula is C28H26ClN7O2. The maximum Gasteiger partial charge on any atom is 0.252 e. The Morgan fingerprint density at radius 2 is 1.92 bits per heavy atom. The number of rotatable bonds is 7. The summed E-state index contributed by atoms with van der Waals surface area (Å²) in [4.78, 5) is 22.4. The minimum absolute atomic E-state index is 0.157. The van der Waals surface area contributed by atoms with Crippen molar-refractivity contribution in [1.29, 1.82) is 0 Å². The van der Waals surface area contributed by atoms with E-state index in [1.807, 2.05) is 36.4 Å². The number of para-hydroxylation sites is 1. The monoisotopic (exact) mass is 527 g/mol. The van der Waals surface area contributed by atoms with Gasteiger partial charge in [0.05, 0.1) is 17.3 Å². The molecule has 6 rings (SSSR count). The highest BCUT2D eigenvalue weighted by Crippen LogP contribution is 2.29. The highest BCUT2D eigenvalue weighted by Gasteiger charge is 2.17. The number of carbonyl (C=O) groups is 1. The van der Waals surface area contributed by atoms with Crippen LogP contribution in [0.1, 0.15) is 28.8 Å². The molecule has 38 heavy (non-hydrogen) atoms. The van der Waals surface area contributed by atoms with Gasteiger partial charge in [-0.3, -0.25) is 9.89 Å². The lowest BCUT2D eigenvalue weighted by atomic mass is 10.1. The molecule has 3 heterocycles. The average Bonchev–Trinajstić information content (AvgIpc) is 3.42. The molecule has 9 nitrogen and oxygen atoms in total. The molecule has 1 saturated heterocycles. The van der Waals surface area contributed by atoms with E-state index in [1.54, 1.807) is 30.6 Å². The minimum Gasteiger partial charge on any atom is -0.488 e. The molecule has 1 fully saturated rings. The number of carbonyl (C=O) groups excluding carboxylic acids is 1. The van der Waals surface area contributed by atoms with Gasteiger partial charge in [-0.25, -0.2) is 9.97 Å². The van der Waals surface area contributed by atoms with Gasteiger partial charge < -0.3 is 20.7 Å². The molecule has 5 aromatic rings. The quantitative estimate of drug-likeness (QED) is 0.236. The van der Waals surface area contributed by atoms with Gasteiger partial charge in [0.1, 0.15) is 17.4 Å². The molecule has 2 aromatic heterocycles. The minimum atomic E-state index is -0.216. The average molecular weight is 528 g/mol. The van der Waals surface area contributed by atoms with Crippen LogP contribution in [-0.4, -0.2) is 45.3 Å². The van der Waals surface area contributed by atoms with E-state index in [1.165, 1.54) is 0 Å². The summed E-state index contributed by atoms with van der Waals surface area (Å²) in [5.74, 6) is 0.934. The third kappa shape index (κ3) is 5.25. The zero-order valence-electron chi connectivity index (χ0n) is 20.5. The number of nitrogens with zero attached hydrogens (tertiary/aromatic N) is 3. The second kappa shape index (κ2) is 10.6. The van der Waals surface area contributed by atoms with Crippen molar-refractivity contribution in [3.05, 3.63) is 83.1 Å². The number of anilines is 2. The Hall–Kier alpha value is -4.21. The van der Waals surface area contributed by atoms with E-state index in [4.69, 9.17) is 21.3 Å². The first-order valence-corrected chi connectivity index (χ1v) is 12.9. The van der Waals surface area contributed by atoms with Gasteiger partial charge in [0, 0.05) is 34.2 Å².